The third kappa shape index (κ3) is 4.81. The lowest BCUT2D eigenvalue weighted by Crippen LogP contribution is -2.64. The average Bonchev–Trinajstić information content (AvgIpc) is 2.49. The molecule has 0 spiro atoms. The van der Waals surface area contributed by atoms with E-state index >= 15 is 0 Å². The fourth-order valence-electron chi connectivity index (χ4n) is 3.13. The summed E-state index contributed by atoms with van der Waals surface area (Å²) in [4.78, 5) is 0. The highest BCUT2D eigenvalue weighted by Gasteiger charge is 2.58. The molecule has 1 unspecified atom stereocenters. The summed E-state index contributed by atoms with van der Waals surface area (Å²) in [7, 11) is 3.22. The van der Waals surface area contributed by atoms with Gasteiger partial charge in [0.15, 0.2) is 0 Å². The summed E-state index contributed by atoms with van der Waals surface area (Å²) in [6, 6.07) is 1.06. The fourth-order valence-corrected chi connectivity index (χ4v) is 7.12. The van der Waals surface area contributed by atoms with Crippen molar-refractivity contribution in [3.8, 4) is 0 Å². The lowest BCUT2D eigenvalue weighted by Gasteiger charge is -2.47. The van der Waals surface area contributed by atoms with Crippen LogP contribution in [0.25, 0.3) is 0 Å². The lowest BCUT2D eigenvalue weighted by atomic mass is 10.1. The molecular weight excluding hydrogens is 272 g/mol. The van der Waals surface area contributed by atoms with Gasteiger partial charge in [-0.25, -0.2) is 0 Å². The van der Waals surface area contributed by atoms with E-state index in [0.29, 0.717) is 0 Å². The van der Waals surface area contributed by atoms with Gasteiger partial charge in [0.2, 0.25) is 0 Å². The highest BCUT2D eigenvalue weighted by Crippen LogP contribution is 2.42. The number of hydrogen-bond donors (Lipinski definition) is 0. The van der Waals surface area contributed by atoms with Crippen molar-refractivity contribution in [1.29, 1.82) is 0 Å². The Balaban J connectivity index is 0.000000621. The second-order valence-electron chi connectivity index (χ2n) is 5.10. The van der Waals surface area contributed by atoms with Crippen molar-refractivity contribution in [2.75, 3.05) is 34.5 Å². The first-order valence-corrected chi connectivity index (χ1v) is 9.87. The molecule has 0 saturated carbocycles. The Hall–Kier alpha value is 0.0569. The van der Waals surface area contributed by atoms with E-state index < -0.39 is 8.56 Å². The van der Waals surface area contributed by atoms with Gasteiger partial charge in [-0.3, -0.25) is 0 Å². The minimum absolute atomic E-state index is 0.122. The maximum atomic E-state index is 5.83. The molecule has 0 amide bonds. The van der Waals surface area contributed by atoms with Crippen LogP contribution in [-0.4, -0.2) is 48.3 Å². The van der Waals surface area contributed by atoms with Gasteiger partial charge < -0.3 is 18.3 Å². The van der Waals surface area contributed by atoms with Crippen LogP contribution in [0.3, 0.4) is 0 Å². The van der Waals surface area contributed by atoms with Gasteiger partial charge in [0.05, 0.1) is 0 Å². The molecule has 1 aliphatic heterocycles. The zero-order chi connectivity index (χ0) is 15.5. The minimum Gasteiger partial charge on any atom is -0.396 e. The van der Waals surface area contributed by atoms with Crippen molar-refractivity contribution >= 4 is 8.56 Å². The van der Waals surface area contributed by atoms with E-state index in [1.165, 1.54) is 12.8 Å². The molecule has 0 aromatic rings. The van der Waals surface area contributed by atoms with Gasteiger partial charge in [0.1, 0.15) is 5.22 Å². The Bertz CT molecular complexity index is 228. The maximum absolute atomic E-state index is 5.83. The van der Waals surface area contributed by atoms with Crippen molar-refractivity contribution in [2.45, 2.75) is 64.1 Å². The predicted molar refractivity (Wildman–Crippen MR) is 85.2 cm³/mol. The molecule has 0 bridgehead atoms. The van der Waals surface area contributed by atoms with Crippen molar-refractivity contribution in [2.24, 2.45) is 0 Å². The van der Waals surface area contributed by atoms with Crippen LogP contribution in [0.4, 0.5) is 0 Å². The van der Waals surface area contributed by atoms with Crippen molar-refractivity contribution in [3.63, 3.8) is 0 Å². The Morgan fingerprint density at radius 3 is 1.90 bits per heavy atom. The van der Waals surface area contributed by atoms with E-state index in [-0.39, 0.29) is 5.22 Å². The predicted octanol–water partition coefficient (Wildman–Crippen LogP) is 3.67. The van der Waals surface area contributed by atoms with Crippen LogP contribution in [0, 0.1) is 0 Å². The molecule has 0 aromatic carbocycles. The zero-order valence-corrected chi connectivity index (χ0v) is 15.3. The van der Waals surface area contributed by atoms with E-state index in [1.807, 2.05) is 13.8 Å². The van der Waals surface area contributed by atoms with E-state index in [2.05, 4.69) is 6.92 Å². The molecule has 0 aromatic heterocycles. The van der Waals surface area contributed by atoms with Crippen molar-refractivity contribution in [1.82, 2.24) is 0 Å². The highest BCUT2D eigenvalue weighted by atomic mass is 28.4. The maximum Gasteiger partial charge on any atom is 0.370 e. The first-order valence-electron chi connectivity index (χ1n) is 7.85. The molecule has 20 heavy (non-hydrogen) atoms. The fraction of sp³-hybridized carbons (Fsp3) is 1.00. The Labute approximate surface area is 126 Å². The van der Waals surface area contributed by atoms with Crippen LogP contribution >= 0.6 is 0 Å². The van der Waals surface area contributed by atoms with E-state index in [4.69, 9.17) is 18.3 Å². The van der Waals surface area contributed by atoms with Gasteiger partial charge in [0, 0.05) is 34.5 Å². The third-order valence-electron chi connectivity index (χ3n) is 4.14. The first-order chi connectivity index (χ1) is 9.61. The SMILES string of the molecule is CCCC1(OC)CCCC[Si]1(OC)OC.CCOCC. The van der Waals surface area contributed by atoms with Crippen LogP contribution < -0.4 is 0 Å². The smallest absolute Gasteiger partial charge is 0.370 e. The minimum atomic E-state index is -2.15. The van der Waals surface area contributed by atoms with Crippen LogP contribution in [0.15, 0.2) is 0 Å². The summed E-state index contributed by atoms with van der Waals surface area (Å²) >= 11 is 0. The Kier molecular flexibility index (Phi) is 10.8. The molecule has 122 valence electrons. The molecule has 1 heterocycles. The summed E-state index contributed by atoms with van der Waals surface area (Å²) in [5, 5.41) is -0.122. The highest BCUT2D eigenvalue weighted by molar-refractivity contribution is 6.70. The van der Waals surface area contributed by atoms with Crippen molar-refractivity contribution in [3.05, 3.63) is 0 Å². The number of rotatable bonds is 7. The largest absolute Gasteiger partial charge is 0.396 e. The number of ether oxygens (including phenoxy) is 2. The molecule has 1 saturated heterocycles. The summed E-state index contributed by atoms with van der Waals surface area (Å²) in [6.07, 6.45) is 5.70. The van der Waals surface area contributed by atoms with Crippen LogP contribution in [0.5, 0.6) is 0 Å². The van der Waals surface area contributed by atoms with Gasteiger partial charge in [-0.2, -0.15) is 0 Å². The number of methoxy groups -OCH3 is 1. The normalized spacial score (nSPS) is 24.9. The average molecular weight is 307 g/mol. The number of hydrogen-bond acceptors (Lipinski definition) is 4. The van der Waals surface area contributed by atoms with E-state index in [0.717, 1.165) is 38.5 Å². The molecule has 1 aliphatic rings. The van der Waals surface area contributed by atoms with E-state index in [1.54, 1.807) is 21.3 Å². The van der Waals surface area contributed by atoms with Gasteiger partial charge in [0.25, 0.3) is 0 Å². The molecule has 5 heteroatoms. The topological polar surface area (TPSA) is 36.9 Å². The quantitative estimate of drug-likeness (QED) is 0.672. The molecule has 1 atom stereocenters. The van der Waals surface area contributed by atoms with Crippen LogP contribution in [-0.2, 0) is 18.3 Å². The molecule has 0 aliphatic carbocycles. The standard InChI is InChI=1S/C11H24O3Si.C4H10O/c1-5-8-11(12-2)9-6-7-10-15(11,13-3)14-4;1-3-5-4-2/h5-10H2,1-4H3;3-4H2,1-2H3. The molecule has 4 nitrogen and oxygen atoms in total. The molecule has 0 N–H and O–H groups in total. The lowest BCUT2D eigenvalue weighted by molar-refractivity contribution is -0.0149. The van der Waals surface area contributed by atoms with Gasteiger partial charge in [-0.1, -0.05) is 26.2 Å². The third-order valence-corrected chi connectivity index (χ3v) is 8.57. The van der Waals surface area contributed by atoms with E-state index in [9.17, 15) is 0 Å². The zero-order valence-electron chi connectivity index (χ0n) is 14.3. The van der Waals surface area contributed by atoms with Gasteiger partial charge in [-0.05, 0) is 32.7 Å². The molecule has 1 rings (SSSR count). The van der Waals surface area contributed by atoms with Crippen LogP contribution in [0.2, 0.25) is 6.04 Å². The first kappa shape index (κ1) is 20.1. The molecule has 1 fully saturated rings. The summed E-state index contributed by atoms with van der Waals surface area (Å²) < 4.78 is 22.2. The van der Waals surface area contributed by atoms with Gasteiger partial charge >= 0.3 is 8.56 Å². The molecule has 0 radical (unpaired) electrons. The summed E-state index contributed by atoms with van der Waals surface area (Å²) in [5.74, 6) is 0. The molecular formula is C15H34O4Si. The van der Waals surface area contributed by atoms with Crippen LogP contribution in [0.1, 0.15) is 52.9 Å². The second-order valence-corrected chi connectivity index (χ2v) is 8.83. The second kappa shape index (κ2) is 10.7. The van der Waals surface area contributed by atoms with Gasteiger partial charge in [-0.15, -0.1) is 0 Å². The summed E-state index contributed by atoms with van der Waals surface area (Å²) in [5.41, 5.74) is 0. The monoisotopic (exact) mass is 306 g/mol. The summed E-state index contributed by atoms with van der Waals surface area (Å²) in [6.45, 7) is 7.86. The Morgan fingerprint density at radius 1 is 0.950 bits per heavy atom. The van der Waals surface area contributed by atoms with Crippen molar-refractivity contribution < 1.29 is 18.3 Å². The Morgan fingerprint density at radius 2 is 1.55 bits per heavy atom.